The number of aromatic hydroxyl groups is 1. The highest BCUT2D eigenvalue weighted by Crippen LogP contribution is 2.41. The molecule has 2 unspecified atom stereocenters. The monoisotopic (exact) mass is 596 g/mol. The minimum absolute atomic E-state index is 0.0106. The summed E-state index contributed by atoms with van der Waals surface area (Å²) < 4.78 is 77.1. The van der Waals surface area contributed by atoms with Gasteiger partial charge in [0.1, 0.15) is 29.8 Å². The maximum atomic E-state index is 15.1. The van der Waals surface area contributed by atoms with Crippen molar-refractivity contribution in [1.82, 2.24) is 30.0 Å². The summed E-state index contributed by atoms with van der Waals surface area (Å²) in [7, 11) is 0. The van der Waals surface area contributed by atoms with E-state index in [0.29, 0.717) is 31.9 Å². The van der Waals surface area contributed by atoms with E-state index in [9.17, 15) is 18.7 Å². The molecule has 5 aliphatic rings. The van der Waals surface area contributed by atoms with Crippen LogP contribution in [0.2, 0.25) is 0 Å². The molecule has 224 valence electrons. The van der Waals surface area contributed by atoms with E-state index in [1.807, 2.05) is 4.90 Å². The number of phenolic OH excluding ortho intramolecular Hbond substituents is 1. The fourth-order valence-electron chi connectivity index (χ4n) is 7.16. The molecule has 5 fully saturated rings. The fraction of sp³-hybridized carbons (Fsp3) is 0.467. The van der Waals surface area contributed by atoms with Gasteiger partial charge in [0.05, 0.1) is 26.9 Å². The molecule has 5 saturated heterocycles. The number of nitrogens with one attached hydrogen (secondary N) is 1. The number of halogens is 3. The Morgan fingerprint density at radius 1 is 1.23 bits per heavy atom. The van der Waals surface area contributed by atoms with Crippen LogP contribution >= 0.6 is 0 Å². The van der Waals surface area contributed by atoms with Gasteiger partial charge in [0.15, 0.2) is 11.6 Å². The molecule has 4 atom stereocenters. The summed E-state index contributed by atoms with van der Waals surface area (Å²) in [6.45, 7) is -1.17. The second-order valence-corrected chi connectivity index (χ2v) is 11.8. The number of piperazine rings is 1. The van der Waals surface area contributed by atoms with Crippen molar-refractivity contribution in [3.05, 3.63) is 52.5 Å². The third-order valence-corrected chi connectivity index (χ3v) is 9.22. The van der Waals surface area contributed by atoms with E-state index in [1.54, 1.807) is 4.90 Å². The number of alkyl halides is 1. The highest BCUT2D eigenvalue weighted by atomic mass is 19.2. The normalized spacial score (nSPS) is 30.0. The highest BCUT2D eigenvalue weighted by Gasteiger charge is 2.49. The molecule has 0 saturated carbocycles. The van der Waals surface area contributed by atoms with Crippen LogP contribution in [0, 0.1) is 11.6 Å². The Bertz CT molecular complexity index is 1970. The molecule has 4 aromatic rings. The summed E-state index contributed by atoms with van der Waals surface area (Å²) in [6.07, 6.45) is 1.23. The van der Waals surface area contributed by atoms with E-state index in [4.69, 9.17) is 8.85 Å². The van der Waals surface area contributed by atoms with Crippen molar-refractivity contribution in [3.8, 4) is 17.4 Å². The lowest BCUT2D eigenvalue weighted by molar-refractivity contribution is 0.107. The van der Waals surface area contributed by atoms with E-state index in [2.05, 4.69) is 20.4 Å². The van der Waals surface area contributed by atoms with Gasteiger partial charge >= 0.3 is 6.01 Å². The van der Waals surface area contributed by atoms with Crippen LogP contribution in [-0.2, 0) is 0 Å². The molecule has 0 aliphatic carbocycles. The number of phenols is 1. The van der Waals surface area contributed by atoms with E-state index >= 15 is 4.39 Å². The third kappa shape index (κ3) is 4.23. The zero-order chi connectivity index (χ0) is 32.2. The second kappa shape index (κ2) is 9.78. The molecule has 2 aromatic heterocycles. The summed E-state index contributed by atoms with van der Waals surface area (Å²) >= 11 is 0. The Labute approximate surface area is 248 Å². The van der Waals surface area contributed by atoms with Crippen LogP contribution in [0.5, 0.6) is 11.8 Å². The smallest absolute Gasteiger partial charge is 0.319 e. The molecule has 2 aromatic carbocycles. The van der Waals surface area contributed by atoms with Crippen molar-refractivity contribution in [3.63, 3.8) is 0 Å². The molecule has 7 heterocycles. The van der Waals surface area contributed by atoms with Gasteiger partial charge in [-0.2, -0.15) is 19.7 Å². The first-order valence-electron chi connectivity index (χ1n) is 15.9. The summed E-state index contributed by atoms with van der Waals surface area (Å²) in [5.74, 6) is -2.39. The van der Waals surface area contributed by atoms with Gasteiger partial charge in [-0.05, 0) is 49.7 Å². The SMILES string of the molecule is [2H]C([2H])(Oc1nc(N2CC3CCC2CN3)c2cnn(-c3cc(O)cc4ccc(F)c(F)c34)c(=O)c2n1)[C@@]12CCCN1C[C@]([2H])(F)C2. The third-order valence-electron chi connectivity index (χ3n) is 9.22. The van der Waals surface area contributed by atoms with Crippen molar-refractivity contribution in [1.29, 1.82) is 0 Å². The lowest BCUT2D eigenvalue weighted by Gasteiger charge is -2.46. The lowest BCUT2D eigenvalue weighted by atomic mass is 9.93. The summed E-state index contributed by atoms with van der Waals surface area (Å²) in [4.78, 5) is 26.7. The molecule has 13 heteroatoms. The van der Waals surface area contributed by atoms with Gasteiger partial charge in [0.25, 0.3) is 5.56 Å². The molecule has 5 aliphatic heterocycles. The number of aromatic nitrogens is 4. The van der Waals surface area contributed by atoms with E-state index < -0.39 is 47.9 Å². The predicted octanol–water partition coefficient (Wildman–Crippen LogP) is 3.21. The van der Waals surface area contributed by atoms with Gasteiger partial charge in [-0.25, -0.2) is 13.2 Å². The topological polar surface area (TPSA) is 109 Å². The summed E-state index contributed by atoms with van der Waals surface area (Å²) in [5.41, 5.74) is -2.74. The van der Waals surface area contributed by atoms with E-state index in [0.717, 1.165) is 29.7 Å². The number of fused-ring (bicyclic) bond motifs is 6. The standard InChI is InChI=1S/C30H30F3N7O3/c31-17-10-30(6-1-7-38(30)13-17)15-43-29-36-26-21(27(37-29)39-14-18-3-4-19(39)11-34-18)12-35-40(28(26)42)23-9-20(41)8-16-2-5-22(32)25(33)24(16)23/h2,5,8-9,12,17-19,34,41H,1,3-4,6-7,10-11,13-15H2/t17-,18?,19?,30+/m1/s1/i15D2,17D. The number of rotatable bonds is 5. The Morgan fingerprint density at radius 2 is 2.12 bits per heavy atom. The van der Waals surface area contributed by atoms with Crippen LogP contribution in [0.4, 0.5) is 19.0 Å². The Morgan fingerprint density at radius 3 is 2.91 bits per heavy atom. The van der Waals surface area contributed by atoms with Gasteiger partial charge in [-0.3, -0.25) is 9.69 Å². The van der Waals surface area contributed by atoms with Crippen molar-refractivity contribution in [2.24, 2.45) is 0 Å². The zero-order valence-corrected chi connectivity index (χ0v) is 23.0. The Balaban J connectivity index is 1.31. The van der Waals surface area contributed by atoms with Crippen molar-refractivity contribution >= 4 is 27.5 Å². The average Bonchev–Trinajstić information content (AvgIpc) is 3.53. The quantitative estimate of drug-likeness (QED) is 0.359. The van der Waals surface area contributed by atoms with Crippen LogP contribution in [-0.4, -0.2) is 86.3 Å². The Hall–Kier alpha value is -3.97. The molecule has 0 amide bonds. The first-order chi connectivity index (χ1) is 21.9. The molecule has 10 nitrogen and oxygen atoms in total. The van der Waals surface area contributed by atoms with Crippen molar-refractivity contribution in [2.75, 3.05) is 37.6 Å². The van der Waals surface area contributed by atoms with Gasteiger partial charge < -0.3 is 20.1 Å². The lowest BCUT2D eigenvalue weighted by Crippen LogP contribution is -2.61. The van der Waals surface area contributed by atoms with Crippen LogP contribution < -0.4 is 20.5 Å². The predicted molar refractivity (Wildman–Crippen MR) is 153 cm³/mol. The zero-order valence-electron chi connectivity index (χ0n) is 26.0. The van der Waals surface area contributed by atoms with Crippen LogP contribution in [0.25, 0.3) is 27.4 Å². The Kier molecular flexibility index (Phi) is 5.34. The summed E-state index contributed by atoms with van der Waals surface area (Å²) in [5, 5.41) is 18.2. The van der Waals surface area contributed by atoms with Crippen LogP contribution in [0.3, 0.4) is 0 Å². The molecular formula is C30H30F3N7O3. The first-order valence-corrected chi connectivity index (χ1v) is 14.4. The second-order valence-electron chi connectivity index (χ2n) is 11.8. The molecule has 9 rings (SSSR count). The van der Waals surface area contributed by atoms with Crippen molar-refractivity contribution < 1.29 is 27.1 Å². The maximum Gasteiger partial charge on any atom is 0.319 e. The van der Waals surface area contributed by atoms with Crippen LogP contribution in [0.15, 0.2) is 35.3 Å². The number of hydrogen-bond acceptors (Lipinski definition) is 9. The summed E-state index contributed by atoms with van der Waals surface area (Å²) in [6, 6.07) is 4.23. The maximum absolute atomic E-state index is 15.1. The first kappa shape index (κ1) is 23.5. The van der Waals surface area contributed by atoms with Crippen LogP contribution in [0.1, 0.15) is 36.2 Å². The number of anilines is 1. The number of ether oxygens (including phenoxy) is 1. The molecule has 0 spiro atoms. The van der Waals surface area contributed by atoms with E-state index in [1.165, 1.54) is 18.3 Å². The average molecular weight is 597 g/mol. The molecular weight excluding hydrogens is 563 g/mol. The number of hydrogen-bond donors (Lipinski definition) is 2. The van der Waals surface area contributed by atoms with Crippen molar-refractivity contribution in [2.45, 2.75) is 55.9 Å². The molecule has 2 N–H and O–H groups in total. The largest absolute Gasteiger partial charge is 0.508 e. The van der Waals surface area contributed by atoms with Gasteiger partial charge in [0.2, 0.25) is 0 Å². The molecule has 43 heavy (non-hydrogen) atoms. The van der Waals surface area contributed by atoms with Gasteiger partial charge in [-0.1, -0.05) is 6.07 Å². The minimum atomic E-state index is -2.54. The number of nitrogens with zero attached hydrogens (tertiary/aromatic N) is 6. The van der Waals surface area contributed by atoms with Gasteiger partial charge in [0, 0.05) is 49.6 Å². The fourth-order valence-corrected chi connectivity index (χ4v) is 7.16. The molecule has 0 radical (unpaired) electrons. The number of piperidine rings is 2. The van der Waals surface area contributed by atoms with Gasteiger partial charge in [-0.15, -0.1) is 0 Å². The highest BCUT2D eigenvalue weighted by molar-refractivity contribution is 5.93. The molecule has 2 bridgehead atoms. The van der Waals surface area contributed by atoms with E-state index in [-0.39, 0.29) is 58.2 Å². The minimum Gasteiger partial charge on any atom is -0.508 e. The number of benzene rings is 2.